The first-order chi connectivity index (χ1) is 12.1. The molecule has 2 aromatic heterocycles. The molecule has 2 aromatic rings. The van der Waals surface area contributed by atoms with Gasteiger partial charge in [0.15, 0.2) is 0 Å². The van der Waals surface area contributed by atoms with Crippen LogP contribution in [0.4, 0.5) is 0 Å². The molecular formula is C18H25N5O2. The van der Waals surface area contributed by atoms with Crippen molar-refractivity contribution >= 4 is 5.91 Å². The molecule has 1 N–H and O–H groups in total. The zero-order valence-electron chi connectivity index (χ0n) is 14.8. The van der Waals surface area contributed by atoms with Gasteiger partial charge in [0.05, 0.1) is 0 Å². The molecule has 0 radical (unpaired) electrons. The summed E-state index contributed by atoms with van der Waals surface area (Å²) in [4.78, 5) is 22.8. The lowest BCUT2D eigenvalue weighted by Gasteiger charge is -2.20. The monoisotopic (exact) mass is 343 g/mol. The maximum absolute atomic E-state index is 12.0. The number of pyridine rings is 1. The molecule has 134 valence electrons. The number of aryl methyl sites for hydroxylation is 1. The van der Waals surface area contributed by atoms with Gasteiger partial charge in [-0.2, -0.15) is 4.98 Å². The Morgan fingerprint density at radius 2 is 2.36 bits per heavy atom. The fraction of sp³-hybridized carbons (Fsp3) is 0.556. The Labute approximate surface area is 147 Å². The third kappa shape index (κ3) is 4.85. The number of likely N-dealkylation sites (tertiary alicyclic amines) is 1. The summed E-state index contributed by atoms with van der Waals surface area (Å²) in [5, 5.41) is 6.96. The molecule has 7 nitrogen and oxygen atoms in total. The van der Waals surface area contributed by atoms with Crippen LogP contribution in [0.25, 0.3) is 11.4 Å². The van der Waals surface area contributed by atoms with Crippen molar-refractivity contribution in [1.29, 1.82) is 0 Å². The molecule has 0 aromatic carbocycles. The smallest absolute Gasteiger partial charge is 0.227 e. The fourth-order valence-electron chi connectivity index (χ4n) is 3.03. The van der Waals surface area contributed by atoms with Gasteiger partial charge >= 0.3 is 0 Å². The second kappa shape index (κ2) is 8.20. The van der Waals surface area contributed by atoms with E-state index in [1.54, 1.807) is 12.4 Å². The number of amides is 1. The van der Waals surface area contributed by atoms with Crippen molar-refractivity contribution in [3.05, 3.63) is 30.4 Å². The molecule has 1 saturated heterocycles. The van der Waals surface area contributed by atoms with Gasteiger partial charge in [0.1, 0.15) is 0 Å². The quantitative estimate of drug-likeness (QED) is 0.827. The molecule has 1 fully saturated rings. The number of carbonyl (C=O) groups excluding carboxylic acids is 1. The highest BCUT2D eigenvalue weighted by Gasteiger charge is 2.24. The Morgan fingerprint density at radius 1 is 1.48 bits per heavy atom. The van der Waals surface area contributed by atoms with E-state index < -0.39 is 0 Å². The number of nitrogens with zero attached hydrogens (tertiary/aromatic N) is 4. The van der Waals surface area contributed by atoms with E-state index in [0.717, 1.165) is 31.6 Å². The zero-order chi connectivity index (χ0) is 17.6. The van der Waals surface area contributed by atoms with E-state index in [-0.39, 0.29) is 5.91 Å². The molecule has 1 amide bonds. The average Bonchev–Trinajstić information content (AvgIpc) is 3.28. The summed E-state index contributed by atoms with van der Waals surface area (Å²) in [6.45, 7) is 7.36. The number of rotatable bonds is 7. The van der Waals surface area contributed by atoms with Crippen molar-refractivity contribution in [2.75, 3.05) is 19.6 Å². The molecule has 1 aliphatic rings. The van der Waals surface area contributed by atoms with Gasteiger partial charge in [-0.3, -0.25) is 9.78 Å². The molecule has 0 unspecified atom stereocenters. The highest BCUT2D eigenvalue weighted by Crippen LogP contribution is 2.18. The largest absolute Gasteiger partial charge is 0.356 e. The van der Waals surface area contributed by atoms with Gasteiger partial charge in [-0.15, -0.1) is 0 Å². The molecule has 0 aliphatic carbocycles. The van der Waals surface area contributed by atoms with Crippen LogP contribution < -0.4 is 5.32 Å². The van der Waals surface area contributed by atoms with E-state index >= 15 is 0 Å². The first-order valence-corrected chi connectivity index (χ1v) is 8.85. The first-order valence-electron chi connectivity index (χ1n) is 8.85. The van der Waals surface area contributed by atoms with Crippen LogP contribution in [0, 0.1) is 5.92 Å². The zero-order valence-corrected chi connectivity index (χ0v) is 14.8. The van der Waals surface area contributed by atoms with E-state index in [9.17, 15) is 4.79 Å². The lowest BCUT2D eigenvalue weighted by Crippen LogP contribution is -2.33. The highest BCUT2D eigenvalue weighted by atomic mass is 16.5. The minimum Gasteiger partial charge on any atom is -0.356 e. The maximum atomic E-state index is 12.0. The summed E-state index contributed by atoms with van der Waals surface area (Å²) in [6, 6.07) is 4.27. The number of aromatic nitrogens is 3. The Kier molecular flexibility index (Phi) is 5.75. The van der Waals surface area contributed by atoms with Crippen LogP contribution in [0.3, 0.4) is 0 Å². The van der Waals surface area contributed by atoms with Crippen molar-refractivity contribution in [2.45, 2.75) is 39.2 Å². The number of nitrogens with one attached hydrogen (secondary N) is 1. The summed E-state index contributed by atoms with van der Waals surface area (Å²) in [7, 11) is 0. The Bertz CT molecular complexity index is 686. The van der Waals surface area contributed by atoms with Crippen LogP contribution in [0.1, 0.15) is 32.6 Å². The van der Waals surface area contributed by atoms with Crippen LogP contribution in [0.2, 0.25) is 0 Å². The second-order valence-electron chi connectivity index (χ2n) is 6.80. The van der Waals surface area contributed by atoms with E-state index in [1.165, 1.54) is 0 Å². The highest BCUT2D eigenvalue weighted by molar-refractivity contribution is 5.76. The average molecular weight is 343 g/mol. The standard InChI is InChI=1S/C18H25N5O2/c1-13(2)23-9-7-14(12-23)10-20-16(24)5-6-17-21-18(22-25-17)15-4-3-8-19-11-15/h3-4,8,11,13-14H,5-7,9-10,12H2,1-2H3,(H,20,24)/t14-/m0/s1. The van der Waals surface area contributed by atoms with Crippen molar-refractivity contribution in [3.8, 4) is 11.4 Å². The fourth-order valence-corrected chi connectivity index (χ4v) is 3.03. The van der Waals surface area contributed by atoms with E-state index in [2.05, 4.69) is 39.2 Å². The molecule has 7 heteroatoms. The van der Waals surface area contributed by atoms with Crippen LogP contribution in [0.5, 0.6) is 0 Å². The maximum Gasteiger partial charge on any atom is 0.227 e. The van der Waals surface area contributed by atoms with Gasteiger partial charge < -0.3 is 14.7 Å². The molecule has 0 bridgehead atoms. The van der Waals surface area contributed by atoms with Crippen molar-refractivity contribution < 1.29 is 9.32 Å². The summed E-state index contributed by atoms with van der Waals surface area (Å²) in [5.41, 5.74) is 0.804. The van der Waals surface area contributed by atoms with Crippen LogP contribution in [-0.4, -0.2) is 51.6 Å². The number of hydrogen-bond acceptors (Lipinski definition) is 6. The summed E-state index contributed by atoms with van der Waals surface area (Å²) >= 11 is 0. The minimum atomic E-state index is 0.0316. The molecule has 25 heavy (non-hydrogen) atoms. The van der Waals surface area contributed by atoms with Gasteiger partial charge in [0.2, 0.25) is 17.6 Å². The minimum absolute atomic E-state index is 0.0316. The predicted octanol–water partition coefficient (Wildman–Crippen LogP) is 1.91. The van der Waals surface area contributed by atoms with Crippen molar-refractivity contribution in [2.24, 2.45) is 5.92 Å². The van der Waals surface area contributed by atoms with Crippen molar-refractivity contribution in [3.63, 3.8) is 0 Å². The third-order valence-electron chi connectivity index (χ3n) is 4.59. The lowest BCUT2D eigenvalue weighted by atomic mass is 10.1. The predicted molar refractivity (Wildman–Crippen MR) is 93.7 cm³/mol. The van der Waals surface area contributed by atoms with E-state index in [1.807, 2.05) is 12.1 Å². The topological polar surface area (TPSA) is 84.2 Å². The normalized spacial score (nSPS) is 18.0. The van der Waals surface area contributed by atoms with Gasteiger partial charge in [-0.1, -0.05) is 5.16 Å². The Hall–Kier alpha value is -2.28. The van der Waals surface area contributed by atoms with Crippen molar-refractivity contribution in [1.82, 2.24) is 25.3 Å². The third-order valence-corrected chi connectivity index (χ3v) is 4.59. The van der Waals surface area contributed by atoms with Gasteiger partial charge in [0.25, 0.3) is 0 Å². The molecule has 0 spiro atoms. The van der Waals surface area contributed by atoms with Crippen LogP contribution in [-0.2, 0) is 11.2 Å². The molecular weight excluding hydrogens is 318 g/mol. The van der Waals surface area contributed by atoms with Gasteiger partial charge in [-0.25, -0.2) is 0 Å². The Morgan fingerprint density at radius 3 is 3.08 bits per heavy atom. The van der Waals surface area contributed by atoms with Gasteiger partial charge in [0, 0.05) is 49.9 Å². The SMILES string of the molecule is CC(C)N1CC[C@@H](CNC(=O)CCc2nc(-c3cccnc3)no2)C1. The lowest BCUT2D eigenvalue weighted by molar-refractivity contribution is -0.121. The van der Waals surface area contributed by atoms with Crippen LogP contribution in [0.15, 0.2) is 29.0 Å². The molecule has 1 aliphatic heterocycles. The second-order valence-corrected chi connectivity index (χ2v) is 6.80. The molecule has 3 heterocycles. The van der Waals surface area contributed by atoms with E-state index in [0.29, 0.717) is 36.5 Å². The van der Waals surface area contributed by atoms with E-state index in [4.69, 9.17) is 4.52 Å². The number of carbonyl (C=O) groups is 1. The number of hydrogen-bond donors (Lipinski definition) is 1. The summed E-state index contributed by atoms with van der Waals surface area (Å²) < 4.78 is 5.21. The molecule has 3 rings (SSSR count). The Balaban J connectivity index is 1.40. The molecule has 0 saturated carbocycles. The first kappa shape index (κ1) is 17.5. The molecule has 1 atom stereocenters. The summed E-state index contributed by atoms with van der Waals surface area (Å²) in [6.07, 6.45) is 5.33. The van der Waals surface area contributed by atoms with Crippen LogP contribution >= 0.6 is 0 Å². The summed E-state index contributed by atoms with van der Waals surface area (Å²) in [5.74, 6) is 1.56. The van der Waals surface area contributed by atoms with Gasteiger partial charge in [-0.05, 0) is 44.9 Å².